The second-order valence-electron chi connectivity index (χ2n) is 2.96. The number of ether oxygens (including phenoxy) is 1. The highest BCUT2D eigenvalue weighted by Gasteiger charge is 2.19. The van der Waals surface area contributed by atoms with Gasteiger partial charge in [0, 0.05) is 11.1 Å². The fraction of sp³-hybridized carbons (Fsp3) is 0.200. The molecule has 0 aliphatic carbocycles. The lowest BCUT2D eigenvalue weighted by molar-refractivity contribution is -0.0508. The molecular weight excluding hydrogens is 222 g/mol. The number of hydrogen-bond donors (Lipinski definition) is 1. The molecular formula is C10H8F2O4. The summed E-state index contributed by atoms with van der Waals surface area (Å²) in [6, 6.07) is 2.29. The number of halogens is 2. The van der Waals surface area contributed by atoms with Gasteiger partial charge < -0.3 is 9.84 Å². The molecule has 0 saturated heterocycles. The number of carboxylic acids is 1. The van der Waals surface area contributed by atoms with Crippen molar-refractivity contribution in [3.05, 3.63) is 28.8 Å². The van der Waals surface area contributed by atoms with E-state index in [1.165, 1.54) is 13.0 Å². The number of alkyl halides is 2. The first kappa shape index (κ1) is 12.1. The lowest BCUT2D eigenvalue weighted by Gasteiger charge is -2.12. The van der Waals surface area contributed by atoms with E-state index >= 15 is 0 Å². The molecule has 1 N–H and O–H groups in total. The van der Waals surface area contributed by atoms with Crippen LogP contribution in [-0.4, -0.2) is 24.0 Å². The minimum atomic E-state index is -3.14. The van der Waals surface area contributed by atoms with E-state index in [4.69, 9.17) is 5.11 Å². The SMILES string of the molecule is Cc1c(C=O)ccc(C(=O)O)c1OC(F)F. The lowest BCUT2D eigenvalue weighted by atomic mass is 10.0. The van der Waals surface area contributed by atoms with Gasteiger partial charge in [0.2, 0.25) is 0 Å². The van der Waals surface area contributed by atoms with Gasteiger partial charge in [-0.3, -0.25) is 4.79 Å². The van der Waals surface area contributed by atoms with Crippen LogP contribution in [0.15, 0.2) is 12.1 Å². The van der Waals surface area contributed by atoms with E-state index in [9.17, 15) is 18.4 Å². The molecule has 1 aromatic rings. The summed E-state index contributed by atoms with van der Waals surface area (Å²) in [5.41, 5.74) is -0.209. The van der Waals surface area contributed by atoms with E-state index < -0.39 is 23.9 Å². The van der Waals surface area contributed by atoms with Crippen molar-refractivity contribution in [1.29, 1.82) is 0 Å². The average molecular weight is 230 g/mol. The van der Waals surface area contributed by atoms with E-state index in [2.05, 4.69) is 4.74 Å². The first-order valence-electron chi connectivity index (χ1n) is 4.24. The Morgan fingerprint density at radius 1 is 1.50 bits per heavy atom. The highest BCUT2D eigenvalue weighted by molar-refractivity contribution is 5.93. The average Bonchev–Trinajstić information content (AvgIpc) is 2.19. The number of aldehydes is 1. The Morgan fingerprint density at radius 3 is 2.56 bits per heavy atom. The van der Waals surface area contributed by atoms with Crippen LogP contribution in [0.5, 0.6) is 5.75 Å². The van der Waals surface area contributed by atoms with E-state index in [0.29, 0.717) is 6.29 Å². The smallest absolute Gasteiger partial charge is 0.387 e. The van der Waals surface area contributed by atoms with Gasteiger partial charge in [-0.1, -0.05) is 6.07 Å². The third-order valence-corrected chi connectivity index (χ3v) is 2.01. The van der Waals surface area contributed by atoms with Gasteiger partial charge in [-0.15, -0.1) is 0 Å². The molecule has 0 fully saturated rings. The van der Waals surface area contributed by atoms with Crippen LogP contribution in [0, 0.1) is 6.92 Å². The molecule has 4 nitrogen and oxygen atoms in total. The Kier molecular flexibility index (Phi) is 3.55. The monoisotopic (exact) mass is 230 g/mol. The van der Waals surface area contributed by atoms with Gasteiger partial charge in [-0.05, 0) is 13.0 Å². The summed E-state index contributed by atoms with van der Waals surface area (Å²) in [6.07, 6.45) is 0.444. The number of carbonyl (C=O) groups is 2. The number of hydrogen-bond acceptors (Lipinski definition) is 3. The van der Waals surface area contributed by atoms with Crippen molar-refractivity contribution in [1.82, 2.24) is 0 Å². The van der Waals surface area contributed by atoms with Gasteiger partial charge >= 0.3 is 12.6 Å². The fourth-order valence-corrected chi connectivity index (χ4v) is 1.24. The molecule has 0 radical (unpaired) electrons. The maximum absolute atomic E-state index is 12.1. The third kappa shape index (κ3) is 2.33. The zero-order chi connectivity index (χ0) is 12.3. The summed E-state index contributed by atoms with van der Waals surface area (Å²) in [5, 5.41) is 8.75. The Bertz CT molecular complexity index is 429. The topological polar surface area (TPSA) is 63.6 Å². The van der Waals surface area contributed by atoms with Crippen LogP contribution in [0.1, 0.15) is 26.3 Å². The molecule has 0 heterocycles. The van der Waals surface area contributed by atoms with E-state index in [0.717, 1.165) is 6.07 Å². The van der Waals surface area contributed by atoms with E-state index in [1.54, 1.807) is 0 Å². The number of aromatic carboxylic acids is 1. The van der Waals surface area contributed by atoms with Crippen molar-refractivity contribution in [3.8, 4) is 5.75 Å². The van der Waals surface area contributed by atoms with Gasteiger partial charge in [0.15, 0.2) is 0 Å². The number of benzene rings is 1. The first-order chi connectivity index (χ1) is 7.47. The molecule has 86 valence electrons. The molecule has 0 unspecified atom stereocenters. The van der Waals surface area contributed by atoms with Crippen molar-refractivity contribution in [2.75, 3.05) is 0 Å². The summed E-state index contributed by atoms with van der Waals surface area (Å²) in [4.78, 5) is 21.3. The molecule has 0 aromatic heterocycles. The number of carboxylic acid groups (broad SMARTS) is 1. The summed E-state index contributed by atoms with van der Waals surface area (Å²) in [7, 11) is 0. The first-order valence-corrected chi connectivity index (χ1v) is 4.24. The predicted octanol–water partition coefficient (Wildman–Crippen LogP) is 2.11. The highest BCUT2D eigenvalue weighted by Crippen LogP contribution is 2.27. The third-order valence-electron chi connectivity index (χ3n) is 2.01. The van der Waals surface area contributed by atoms with Gasteiger partial charge in [0.05, 0.1) is 0 Å². The zero-order valence-electron chi connectivity index (χ0n) is 8.24. The minimum absolute atomic E-state index is 0.0789. The van der Waals surface area contributed by atoms with Crippen molar-refractivity contribution in [3.63, 3.8) is 0 Å². The quantitative estimate of drug-likeness (QED) is 0.804. The maximum atomic E-state index is 12.1. The van der Waals surface area contributed by atoms with Crippen LogP contribution in [-0.2, 0) is 0 Å². The molecule has 0 atom stereocenters. The maximum Gasteiger partial charge on any atom is 0.387 e. The Morgan fingerprint density at radius 2 is 2.12 bits per heavy atom. The van der Waals surface area contributed by atoms with Crippen molar-refractivity contribution in [2.45, 2.75) is 13.5 Å². The van der Waals surface area contributed by atoms with Crippen LogP contribution in [0.2, 0.25) is 0 Å². The summed E-state index contributed by atoms with van der Waals surface area (Å²) < 4.78 is 28.3. The van der Waals surface area contributed by atoms with Crippen molar-refractivity contribution >= 4 is 12.3 Å². The predicted molar refractivity (Wildman–Crippen MR) is 50.2 cm³/mol. The molecule has 0 spiro atoms. The van der Waals surface area contributed by atoms with E-state index in [1.807, 2.05) is 0 Å². The minimum Gasteiger partial charge on any atom is -0.478 e. The van der Waals surface area contributed by atoms with Gasteiger partial charge in [-0.2, -0.15) is 8.78 Å². The molecule has 0 bridgehead atoms. The number of carbonyl (C=O) groups excluding carboxylic acids is 1. The molecule has 1 aromatic carbocycles. The molecule has 16 heavy (non-hydrogen) atoms. The van der Waals surface area contributed by atoms with Gasteiger partial charge in [0.25, 0.3) is 0 Å². The van der Waals surface area contributed by atoms with Crippen molar-refractivity contribution < 1.29 is 28.2 Å². The van der Waals surface area contributed by atoms with Crippen molar-refractivity contribution in [2.24, 2.45) is 0 Å². The highest BCUT2D eigenvalue weighted by atomic mass is 19.3. The standard InChI is InChI=1S/C10H8F2O4/c1-5-6(4-13)2-3-7(9(14)15)8(5)16-10(11)12/h2-4,10H,1H3,(H,14,15). The van der Waals surface area contributed by atoms with Crippen LogP contribution in [0.4, 0.5) is 8.78 Å². The van der Waals surface area contributed by atoms with Crippen LogP contribution in [0.25, 0.3) is 0 Å². The Labute approximate surface area is 89.5 Å². The lowest BCUT2D eigenvalue weighted by Crippen LogP contribution is -2.10. The summed E-state index contributed by atoms with van der Waals surface area (Å²) in [5.74, 6) is -1.87. The summed E-state index contributed by atoms with van der Waals surface area (Å²) in [6.45, 7) is -1.80. The Hall–Kier alpha value is -1.98. The molecule has 6 heteroatoms. The molecule has 0 saturated carbocycles. The molecule has 1 rings (SSSR count). The van der Waals surface area contributed by atoms with Crippen LogP contribution < -0.4 is 4.74 Å². The van der Waals surface area contributed by atoms with Gasteiger partial charge in [-0.25, -0.2) is 4.79 Å². The second kappa shape index (κ2) is 4.69. The number of rotatable bonds is 4. The molecule has 0 aliphatic heterocycles. The normalized spacial score (nSPS) is 10.2. The second-order valence-corrected chi connectivity index (χ2v) is 2.96. The fourth-order valence-electron chi connectivity index (χ4n) is 1.24. The Balaban J connectivity index is 3.36. The van der Waals surface area contributed by atoms with Crippen LogP contribution >= 0.6 is 0 Å². The molecule has 0 aliphatic rings. The van der Waals surface area contributed by atoms with Gasteiger partial charge in [0.1, 0.15) is 17.6 Å². The van der Waals surface area contributed by atoms with Crippen LogP contribution in [0.3, 0.4) is 0 Å². The summed E-state index contributed by atoms with van der Waals surface area (Å²) >= 11 is 0. The van der Waals surface area contributed by atoms with E-state index in [-0.39, 0.29) is 11.1 Å². The zero-order valence-corrected chi connectivity index (χ0v) is 8.24. The largest absolute Gasteiger partial charge is 0.478 e. The molecule has 0 amide bonds.